The van der Waals surface area contributed by atoms with Gasteiger partial charge in [0.15, 0.2) is 17.2 Å². The zero-order valence-corrected chi connectivity index (χ0v) is 56.9. The predicted octanol–water partition coefficient (Wildman–Crippen LogP) is 20.0. The van der Waals surface area contributed by atoms with Crippen LogP contribution in [0, 0.1) is 11.7 Å². The first-order valence-corrected chi connectivity index (χ1v) is 35.9. The lowest BCUT2D eigenvalue weighted by Crippen LogP contribution is -2.54. The van der Waals surface area contributed by atoms with Gasteiger partial charge in [-0.3, -0.25) is 14.5 Å². The van der Waals surface area contributed by atoms with Gasteiger partial charge in [0.25, 0.3) is 0 Å². The van der Waals surface area contributed by atoms with Crippen LogP contribution in [0.3, 0.4) is 0 Å². The van der Waals surface area contributed by atoms with Crippen molar-refractivity contribution in [3.63, 3.8) is 0 Å². The molecule has 3 aliphatic heterocycles. The highest BCUT2D eigenvalue weighted by atomic mass is 35.5. The molecule has 500 valence electrons. The largest absolute Gasteiger partial charge is 0.508 e. The van der Waals surface area contributed by atoms with Gasteiger partial charge in [-0.25, -0.2) is 4.39 Å². The standard InChI is InChI=1S/C81H66ClF4N3O7S3/c1-49(63-7-2-4-9-68(63)82)78-75(94-58-23-11-50(12-24-58)33-38-87-36-6-37-87)67-32-29-61(44-72(67)97-78)93-62-47-89(48-62)40-35-52-15-27-60(28-16-52)96-77-65-30-17-53(42-70(65)98-80(77)74(92)64-8-3-5-10-69(64)83)41-54-45-88(46-54)39-34-51-13-25-59(26-14-51)95-76-66-31-22-57(90)43-71(66)99-79(76)73(91)55-18-20-56(21-19-55)81(84,85)86/h2-5,7-32,42-44,54,62,90H,1,6,33-41,45-48H2. The van der Waals surface area contributed by atoms with Crippen LogP contribution < -0.4 is 18.9 Å². The highest BCUT2D eigenvalue weighted by Crippen LogP contribution is 2.49. The van der Waals surface area contributed by atoms with Crippen LogP contribution in [-0.4, -0.2) is 96.4 Å². The van der Waals surface area contributed by atoms with Crippen LogP contribution in [-0.2, 0) is 31.9 Å². The molecule has 0 amide bonds. The molecule has 0 bridgehead atoms. The summed E-state index contributed by atoms with van der Waals surface area (Å²) in [5, 5.41) is 13.2. The number of hydrogen-bond acceptors (Lipinski definition) is 13. The van der Waals surface area contributed by atoms with E-state index in [9.17, 15) is 27.9 Å². The molecule has 3 aliphatic rings. The summed E-state index contributed by atoms with van der Waals surface area (Å²) in [5.74, 6) is 2.97. The number of benzene rings is 9. The lowest BCUT2D eigenvalue weighted by molar-refractivity contribution is -0.137. The zero-order valence-electron chi connectivity index (χ0n) is 53.7. The first-order valence-electron chi connectivity index (χ1n) is 33.0. The Balaban J connectivity index is 0.550. The molecule has 0 unspecified atom stereocenters. The quantitative estimate of drug-likeness (QED) is 0.0440. The van der Waals surface area contributed by atoms with Gasteiger partial charge in [-0.2, -0.15) is 13.2 Å². The molecule has 10 nitrogen and oxygen atoms in total. The number of thiophene rings is 3. The summed E-state index contributed by atoms with van der Waals surface area (Å²) in [4.78, 5) is 36.7. The molecule has 6 heterocycles. The minimum absolute atomic E-state index is 0.00931. The molecule has 12 aromatic rings. The number of ether oxygens (including phenoxy) is 4. The van der Waals surface area contributed by atoms with Crippen molar-refractivity contribution in [1.82, 2.24) is 14.7 Å². The molecule has 0 saturated carbocycles. The number of hydrogen-bond donors (Lipinski definition) is 1. The molecule has 18 heteroatoms. The van der Waals surface area contributed by atoms with Gasteiger partial charge in [0, 0.05) is 92.2 Å². The Kier molecular flexibility index (Phi) is 18.7. The van der Waals surface area contributed by atoms with E-state index in [0.29, 0.717) is 43.2 Å². The number of carbonyl (C=O) groups is 2. The summed E-state index contributed by atoms with van der Waals surface area (Å²) in [5.41, 5.74) is 5.54. The number of aromatic hydroxyl groups is 1. The Hall–Kier alpha value is -9.17. The van der Waals surface area contributed by atoms with Crippen molar-refractivity contribution in [3.8, 4) is 46.0 Å². The minimum atomic E-state index is -4.54. The van der Waals surface area contributed by atoms with E-state index in [1.165, 1.54) is 60.7 Å². The summed E-state index contributed by atoms with van der Waals surface area (Å²) in [6, 6.07) is 59.0. The fourth-order valence-electron chi connectivity index (χ4n) is 13.1. The predicted molar refractivity (Wildman–Crippen MR) is 388 cm³/mol. The molecule has 0 radical (unpaired) electrons. The number of phenolic OH excluding ortho intramolecular Hbond substituents is 1. The van der Waals surface area contributed by atoms with Gasteiger partial charge in [0.05, 0.1) is 16.0 Å². The van der Waals surface area contributed by atoms with E-state index in [1.54, 1.807) is 29.5 Å². The summed E-state index contributed by atoms with van der Waals surface area (Å²) in [6.45, 7) is 13.1. The molecule has 99 heavy (non-hydrogen) atoms. The SMILES string of the molecule is C=C(c1ccccc1Cl)c1sc2cc(OC3CN(CCc4ccc(Oc5c(C(=O)c6ccccc6F)sc6cc(CC7CN(CCc8ccc(Oc9c(C(=O)c%10ccc(C(F)(F)F)cc%10)sc%10cc(O)ccc9%10)cc8)C7)ccc56)cc4)C3)ccc2c1Oc1ccc(CCN2CCC2)cc1. The third-order valence-corrected chi connectivity index (χ3v) is 22.5. The van der Waals surface area contributed by atoms with Crippen LogP contribution in [0.15, 0.2) is 207 Å². The Morgan fingerprint density at radius 1 is 0.515 bits per heavy atom. The van der Waals surface area contributed by atoms with Gasteiger partial charge in [-0.15, -0.1) is 34.0 Å². The maximum atomic E-state index is 15.3. The monoisotopic (exact) mass is 1400 g/mol. The number of nitrogens with zero attached hydrogens (tertiary/aromatic N) is 3. The Morgan fingerprint density at radius 2 is 0.990 bits per heavy atom. The van der Waals surface area contributed by atoms with Crippen LogP contribution in [0.1, 0.15) is 75.1 Å². The topological polar surface area (TPSA) is 101 Å². The maximum absolute atomic E-state index is 15.3. The Labute approximate surface area is 587 Å². The van der Waals surface area contributed by atoms with Gasteiger partial charge in [-0.1, -0.05) is 103 Å². The molecule has 0 spiro atoms. The van der Waals surface area contributed by atoms with E-state index in [-0.39, 0.29) is 33.6 Å². The van der Waals surface area contributed by atoms with Crippen LogP contribution in [0.2, 0.25) is 5.02 Å². The Morgan fingerprint density at radius 3 is 1.56 bits per heavy atom. The molecule has 3 fully saturated rings. The zero-order chi connectivity index (χ0) is 67.9. The van der Waals surface area contributed by atoms with Crippen molar-refractivity contribution < 1.29 is 51.2 Å². The number of rotatable bonds is 25. The van der Waals surface area contributed by atoms with E-state index >= 15 is 4.39 Å². The summed E-state index contributed by atoms with van der Waals surface area (Å²) in [7, 11) is 0. The average Bonchev–Trinajstić information content (AvgIpc) is 1.64. The number of phenols is 1. The number of likely N-dealkylation sites (tertiary alicyclic amines) is 3. The third-order valence-electron chi connectivity index (χ3n) is 18.7. The highest BCUT2D eigenvalue weighted by molar-refractivity contribution is 7.22. The number of ketones is 2. The van der Waals surface area contributed by atoms with Crippen molar-refractivity contribution in [2.45, 2.75) is 44.4 Å². The first kappa shape index (κ1) is 65.7. The van der Waals surface area contributed by atoms with Crippen molar-refractivity contribution in [3.05, 3.63) is 277 Å². The number of carbonyl (C=O) groups excluding carboxylic acids is 2. The van der Waals surface area contributed by atoms with Gasteiger partial charge in [0.2, 0.25) is 11.6 Å². The smallest absolute Gasteiger partial charge is 0.416 e. The summed E-state index contributed by atoms with van der Waals surface area (Å²) < 4.78 is 84.0. The molecule has 9 aromatic carbocycles. The fraction of sp³-hybridized carbons (Fsp3) is 0.210. The van der Waals surface area contributed by atoms with Crippen molar-refractivity contribution >= 4 is 93.0 Å². The molecule has 0 aliphatic carbocycles. The number of fused-ring (bicyclic) bond motifs is 3. The van der Waals surface area contributed by atoms with Crippen molar-refractivity contribution in [2.24, 2.45) is 5.92 Å². The minimum Gasteiger partial charge on any atom is -0.508 e. The average molecular weight is 1400 g/mol. The van der Waals surface area contributed by atoms with E-state index in [2.05, 4.69) is 81.9 Å². The maximum Gasteiger partial charge on any atom is 0.416 e. The normalized spacial score (nSPS) is 14.7. The van der Waals surface area contributed by atoms with Crippen LogP contribution in [0.4, 0.5) is 17.6 Å². The van der Waals surface area contributed by atoms with Crippen molar-refractivity contribution in [1.29, 1.82) is 0 Å². The molecule has 1 N–H and O–H groups in total. The van der Waals surface area contributed by atoms with Crippen LogP contribution in [0.5, 0.6) is 46.0 Å². The molecule has 3 saturated heterocycles. The van der Waals surface area contributed by atoms with Gasteiger partial charge in [-0.05, 0) is 194 Å². The highest BCUT2D eigenvalue weighted by Gasteiger charge is 2.33. The van der Waals surface area contributed by atoms with Gasteiger partial charge in [0.1, 0.15) is 50.4 Å². The molecule has 0 atom stereocenters. The first-order chi connectivity index (χ1) is 48.0. The lowest BCUT2D eigenvalue weighted by Gasteiger charge is -2.39. The molecular formula is C81H66ClF4N3O7S3. The second kappa shape index (κ2) is 28.2. The van der Waals surface area contributed by atoms with Crippen LogP contribution in [0.25, 0.3) is 35.8 Å². The molecule has 3 aromatic heterocycles. The number of alkyl halides is 3. The van der Waals surface area contributed by atoms with Gasteiger partial charge >= 0.3 is 6.18 Å². The summed E-state index contributed by atoms with van der Waals surface area (Å²) >= 11 is 10.8. The molecular weight excluding hydrogens is 1330 g/mol. The van der Waals surface area contributed by atoms with E-state index in [0.717, 1.165) is 177 Å². The van der Waals surface area contributed by atoms with Crippen LogP contribution >= 0.6 is 45.6 Å². The fourth-order valence-corrected chi connectivity index (χ4v) is 16.7. The lowest BCUT2D eigenvalue weighted by atomic mass is 9.91. The number of halogens is 5. The van der Waals surface area contributed by atoms with Crippen molar-refractivity contribution in [2.75, 3.05) is 58.9 Å². The molecule has 15 rings (SSSR count). The Bertz CT molecular complexity index is 5000. The van der Waals surface area contributed by atoms with Gasteiger partial charge < -0.3 is 33.9 Å². The van der Waals surface area contributed by atoms with E-state index in [1.807, 2.05) is 72.8 Å². The van der Waals surface area contributed by atoms with E-state index in [4.69, 9.17) is 30.5 Å². The second-order valence-corrected chi connectivity index (χ2v) is 29.2. The third kappa shape index (κ3) is 14.5. The van der Waals surface area contributed by atoms with E-state index < -0.39 is 29.1 Å². The summed E-state index contributed by atoms with van der Waals surface area (Å²) in [6.07, 6.45) is 0.264. The second-order valence-electron chi connectivity index (χ2n) is 25.6.